The zero-order valence-electron chi connectivity index (χ0n) is 11.3. The zero-order valence-corrected chi connectivity index (χ0v) is 12.2. The van der Waals surface area contributed by atoms with Crippen molar-refractivity contribution in [3.8, 4) is 0 Å². The molecule has 3 heteroatoms. The van der Waals surface area contributed by atoms with Crippen LogP contribution in [0.25, 0.3) is 0 Å². The van der Waals surface area contributed by atoms with E-state index in [0.29, 0.717) is 5.41 Å². The summed E-state index contributed by atoms with van der Waals surface area (Å²) in [5.74, 6) is 1.02. The Bertz CT molecular complexity index is 347. The molecule has 1 fully saturated rings. The van der Waals surface area contributed by atoms with Gasteiger partial charge in [0.1, 0.15) is 0 Å². The zero-order chi connectivity index (χ0) is 12.8. The van der Waals surface area contributed by atoms with Gasteiger partial charge in [0.25, 0.3) is 0 Å². The van der Waals surface area contributed by atoms with Gasteiger partial charge in [-0.25, -0.2) is 0 Å². The Balaban J connectivity index is 1.96. The molecule has 0 aromatic carbocycles. The quantitative estimate of drug-likeness (QED) is 0.793. The SMILES string of the molecule is CCN(Cc1ccccn1)CC1(CS)CCCC1. The highest BCUT2D eigenvalue weighted by Crippen LogP contribution is 2.39. The summed E-state index contributed by atoms with van der Waals surface area (Å²) in [4.78, 5) is 6.95. The minimum Gasteiger partial charge on any atom is -0.297 e. The lowest BCUT2D eigenvalue weighted by Crippen LogP contribution is -2.37. The maximum Gasteiger partial charge on any atom is 0.0543 e. The molecule has 0 spiro atoms. The predicted molar refractivity (Wildman–Crippen MR) is 79.9 cm³/mol. The van der Waals surface area contributed by atoms with Crippen molar-refractivity contribution in [2.45, 2.75) is 39.2 Å². The van der Waals surface area contributed by atoms with Crippen LogP contribution in [-0.4, -0.2) is 28.7 Å². The molecule has 100 valence electrons. The van der Waals surface area contributed by atoms with Crippen LogP contribution in [0.4, 0.5) is 0 Å². The van der Waals surface area contributed by atoms with E-state index in [-0.39, 0.29) is 0 Å². The van der Waals surface area contributed by atoms with Gasteiger partial charge in [-0.1, -0.05) is 25.8 Å². The van der Waals surface area contributed by atoms with Crippen molar-refractivity contribution in [2.24, 2.45) is 5.41 Å². The van der Waals surface area contributed by atoms with Crippen molar-refractivity contribution in [1.82, 2.24) is 9.88 Å². The average molecular weight is 264 g/mol. The first-order chi connectivity index (χ1) is 8.78. The molecular weight excluding hydrogens is 240 g/mol. The molecule has 0 unspecified atom stereocenters. The molecule has 0 atom stereocenters. The molecule has 1 aromatic rings. The summed E-state index contributed by atoms with van der Waals surface area (Å²) in [5.41, 5.74) is 1.63. The van der Waals surface area contributed by atoms with E-state index in [2.05, 4.69) is 41.6 Å². The van der Waals surface area contributed by atoms with E-state index in [1.165, 1.54) is 37.9 Å². The maximum absolute atomic E-state index is 4.60. The fourth-order valence-electron chi connectivity index (χ4n) is 2.97. The molecule has 0 N–H and O–H groups in total. The summed E-state index contributed by atoms with van der Waals surface area (Å²) < 4.78 is 0. The van der Waals surface area contributed by atoms with Crippen molar-refractivity contribution in [2.75, 3.05) is 18.8 Å². The first kappa shape index (κ1) is 13.9. The third kappa shape index (κ3) is 3.48. The van der Waals surface area contributed by atoms with E-state index < -0.39 is 0 Å². The Labute approximate surface area is 116 Å². The molecule has 1 heterocycles. The van der Waals surface area contributed by atoms with Gasteiger partial charge < -0.3 is 0 Å². The predicted octanol–water partition coefficient (Wildman–Crippen LogP) is 3.39. The molecule has 0 bridgehead atoms. The molecule has 2 rings (SSSR count). The van der Waals surface area contributed by atoms with Crippen LogP contribution < -0.4 is 0 Å². The van der Waals surface area contributed by atoms with Crippen molar-refractivity contribution in [3.63, 3.8) is 0 Å². The Hall–Kier alpha value is -0.540. The molecule has 0 radical (unpaired) electrons. The standard InChI is InChI=1S/C15H24N2S/c1-2-17(11-14-7-3-6-10-16-14)12-15(13-18)8-4-5-9-15/h3,6-7,10,18H,2,4-5,8-9,11-13H2,1H3. The maximum atomic E-state index is 4.60. The highest BCUT2D eigenvalue weighted by atomic mass is 32.1. The largest absolute Gasteiger partial charge is 0.297 e. The fourth-order valence-corrected chi connectivity index (χ4v) is 3.38. The van der Waals surface area contributed by atoms with E-state index in [0.717, 1.165) is 18.8 Å². The van der Waals surface area contributed by atoms with Gasteiger partial charge in [-0.3, -0.25) is 9.88 Å². The molecule has 18 heavy (non-hydrogen) atoms. The lowest BCUT2D eigenvalue weighted by molar-refractivity contribution is 0.170. The molecule has 1 saturated carbocycles. The number of nitrogens with zero attached hydrogens (tertiary/aromatic N) is 2. The van der Waals surface area contributed by atoms with Crippen molar-refractivity contribution < 1.29 is 0 Å². The topological polar surface area (TPSA) is 16.1 Å². The molecule has 0 amide bonds. The van der Waals surface area contributed by atoms with Gasteiger partial charge in [0.05, 0.1) is 5.69 Å². The number of pyridine rings is 1. The second kappa shape index (κ2) is 6.58. The van der Waals surface area contributed by atoms with Crippen LogP contribution in [-0.2, 0) is 6.54 Å². The molecular formula is C15H24N2S. The van der Waals surface area contributed by atoms with E-state index in [9.17, 15) is 0 Å². The molecule has 1 aliphatic rings. The smallest absolute Gasteiger partial charge is 0.0543 e. The van der Waals surface area contributed by atoms with Crippen LogP contribution in [0.1, 0.15) is 38.3 Å². The van der Waals surface area contributed by atoms with Gasteiger partial charge in [0.2, 0.25) is 0 Å². The molecule has 1 aliphatic carbocycles. The number of hydrogen-bond acceptors (Lipinski definition) is 3. The van der Waals surface area contributed by atoms with Crippen LogP contribution in [0.2, 0.25) is 0 Å². The monoisotopic (exact) mass is 264 g/mol. The van der Waals surface area contributed by atoms with Crippen molar-refractivity contribution in [1.29, 1.82) is 0 Å². The molecule has 1 aromatic heterocycles. The molecule has 0 saturated heterocycles. The molecule has 2 nitrogen and oxygen atoms in total. The fraction of sp³-hybridized carbons (Fsp3) is 0.667. The van der Waals surface area contributed by atoms with E-state index >= 15 is 0 Å². The first-order valence-corrected chi connectivity index (χ1v) is 7.64. The lowest BCUT2D eigenvalue weighted by atomic mass is 9.88. The Morgan fingerprint density at radius 1 is 1.33 bits per heavy atom. The van der Waals surface area contributed by atoms with E-state index in [1.54, 1.807) is 0 Å². The summed E-state index contributed by atoms with van der Waals surface area (Å²) >= 11 is 4.60. The van der Waals surface area contributed by atoms with Crippen LogP contribution in [0.15, 0.2) is 24.4 Å². The number of thiol groups is 1. The van der Waals surface area contributed by atoms with Gasteiger partial charge in [0.15, 0.2) is 0 Å². The average Bonchev–Trinajstić information content (AvgIpc) is 2.88. The summed E-state index contributed by atoms with van der Waals surface area (Å²) in [6.45, 7) is 5.46. The summed E-state index contributed by atoms with van der Waals surface area (Å²) in [5, 5.41) is 0. The normalized spacial score (nSPS) is 18.4. The highest BCUT2D eigenvalue weighted by molar-refractivity contribution is 7.80. The van der Waals surface area contributed by atoms with Crippen molar-refractivity contribution in [3.05, 3.63) is 30.1 Å². The summed E-state index contributed by atoms with van der Waals surface area (Å²) in [6, 6.07) is 6.16. The lowest BCUT2D eigenvalue weighted by Gasteiger charge is -2.33. The van der Waals surface area contributed by atoms with Crippen LogP contribution in [0, 0.1) is 5.41 Å². The van der Waals surface area contributed by atoms with E-state index in [1.807, 2.05) is 12.3 Å². The Morgan fingerprint density at radius 3 is 2.67 bits per heavy atom. The second-order valence-electron chi connectivity index (χ2n) is 5.49. The minimum atomic E-state index is 0.452. The number of hydrogen-bond donors (Lipinski definition) is 1. The van der Waals surface area contributed by atoms with Gasteiger partial charge in [0, 0.05) is 19.3 Å². The third-order valence-corrected chi connectivity index (χ3v) is 4.79. The Kier molecular flexibility index (Phi) is 5.07. The van der Waals surface area contributed by atoms with E-state index in [4.69, 9.17) is 0 Å². The first-order valence-electron chi connectivity index (χ1n) is 7.01. The summed E-state index contributed by atoms with van der Waals surface area (Å²) in [6.07, 6.45) is 7.32. The highest BCUT2D eigenvalue weighted by Gasteiger charge is 2.33. The minimum absolute atomic E-state index is 0.452. The third-order valence-electron chi connectivity index (χ3n) is 4.12. The van der Waals surface area contributed by atoms with Gasteiger partial charge in [-0.05, 0) is 42.7 Å². The van der Waals surface area contributed by atoms with Crippen molar-refractivity contribution >= 4 is 12.6 Å². The van der Waals surface area contributed by atoms with Gasteiger partial charge >= 0.3 is 0 Å². The summed E-state index contributed by atoms with van der Waals surface area (Å²) in [7, 11) is 0. The molecule has 0 aliphatic heterocycles. The Morgan fingerprint density at radius 2 is 2.11 bits per heavy atom. The number of rotatable bonds is 6. The van der Waals surface area contributed by atoms with Gasteiger partial charge in [-0.15, -0.1) is 0 Å². The van der Waals surface area contributed by atoms with Crippen LogP contribution in [0.3, 0.4) is 0 Å². The van der Waals surface area contributed by atoms with Crippen LogP contribution in [0.5, 0.6) is 0 Å². The van der Waals surface area contributed by atoms with Crippen LogP contribution >= 0.6 is 12.6 Å². The van der Waals surface area contributed by atoms with Gasteiger partial charge in [-0.2, -0.15) is 12.6 Å². The second-order valence-corrected chi connectivity index (χ2v) is 5.81. The number of aromatic nitrogens is 1.